The van der Waals surface area contributed by atoms with Gasteiger partial charge in [0.25, 0.3) is 0 Å². The minimum absolute atomic E-state index is 0.398. The number of rotatable bonds is 2. The average Bonchev–Trinajstić information content (AvgIpc) is 2.67. The number of hydrogen-bond donors (Lipinski definition) is 2. The molecule has 1 fully saturated rings. The van der Waals surface area contributed by atoms with Crippen molar-refractivity contribution in [2.24, 2.45) is 5.73 Å². The summed E-state index contributed by atoms with van der Waals surface area (Å²) in [4.78, 5) is 0. The summed E-state index contributed by atoms with van der Waals surface area (Å²) in [5.74, 6) is 0. The van der Waals surface area contributed by atoms with Gasteiger partial charge in [0.1, 0.15) is 5.60 Å². The third-order valence-electron chi connectivity index (χ3n) is 2.73. The molecule has 0 aromatic heterocycles. The van der Waals surface area contributed by atoms with E-state index in [0.717, 1.165) is 11.1 Å². The van der Waals surface area contributed by atoms with Gasteiger partial charge >= 0.3 is 0 Å². The molecule has 0 spiro atoms. The Balaban J connectivity index is 2.23. The fraction of sp³-hybridized carbons (Fsp3) is 0.455. The van der Waals surface area contributed by atoms with Gasteiger partial charge in [-0.05, 0) is 11.1 Å². The lowest BCUT2D eigenvalue weighted by Crippen LogP contribution is -2.25. The van der Waals surface area contributed by atoms with Crippen LogP contribution in [-0.4, -0.2) is 18.3 Å². The molecule has 1 unspecified atom stereocenters. The second-order valence-electron chi connectivity index (χ2n) is 3.74. The Kier molecular flexibility index (Phi) is 2.54. The second-order valence-corrected chi connectivity index (χ2v) is 3.74. The maximum absolute atomic E-state index is 10.2. The lowest BCUT2D eigenvalue weighted by Gasteiger charge is -2.20. The summed E-state index contributed by atoms with van der Waals surface area (Å²) in [6, 6.07) is 7.75. The molecular weight excluding hydrogens is 178 g/mol. The van der Waals surface area contributed by atoms with Crippen molar-refractivity contribution < 1.29 is 9.84 Å². The van der Waals surface area contributed by atoms with Crippen molar-refractivity contribution in [1.82, 2.24) is 0 Å². The first-order valence-electron chi connectivity index (χ1n) is 4.84. The van der Waals surface area contributed by atoms with Gasteiger partial charge in [0.15, 0.2) is 0 Å². The molecule has 1 aliphatic heterocycles. The minimum Gasteiger partial charge on any atom is -0.383 e. The highest BCUT2D eigenvalue weighted by Crippen LogP contribution is 2.30. The molecule has 14 heavy (non-hydrogen) atoms. The second kappa shape index (κ2) is 3.69. The Morgan fingerprint density at radius 1 is 1.36 bits per heavy atom. The highest BCUT2D eigenvalue weighted by molar-refractivity contribution is 5.27. The molecule has 2 rings (SSSR count). The molecule has 3 heteroatoms. The topological polar surface area (TPSA) is 55.5 Å². The summed E-state index contributed by atoms with van der Waals surface area (Å²) in [5, 5.41) is 10.2. The molecule has 0 bridgehead atoms. The van der Waals surface area contributed by atoms with Crippen molar-refractivity contribution in [3.8, 4) is 0 Å². The van der Waals surface area contributed by atoms with E-state index in [-0.39, 0.29) is 0 Å². The first-order valence-corrected chi connectivity index (χ1v) is 4.84. The molecule has 3 N–H and O–H groups in total. The van der Waals surface area contributed by atoms with Gasteiger partial charge in [-0.1, -0.05) is 24.3 Å². The Labute approximate surface area is 83.5 Å². The summed E-state index contributed by atoms with van der Waals surface area (Å²) >= 11 is 0. The van der Waals surface area contributed by atoms with E-state index in [1.54, 1.807) is 0 Å². The Bertz CT molecular complexity index is 302. The number of ether oxygens (including phenoxy) is 1. The van der Waals surface area contributed by atoms with Crippen LogP contribution in [0.3, 0.4) is 0 Å². The molecule has 1 heterocycles. The molecule has 0 aliphatic carbocycles. The normalized spacial score (nSPS) is 26.7. The SMILES string of the molecule is NCc1ccc(C2(O)CCOC2)cc1. The highest BCUT2D eigenvalue weighted by Gasteiger charge is 2.33. The first-order chi connectivity index (χ1) is 6.74. The zero-order valence-electron chi connectivity index (χ0n) is 8.07. The third kappa shape index (κ3) is 1.66. The van der Waals surface area contributed by atoms with Crippen molar-refractivity contribution in [1.29, 1.82) is 0 Å². The molecule has 0 saturated carbocycles. The zero-order valence-corrected chi connectivity index (χ0v) is 8.07. The van der Waals surface area contributed by atoms with Crippen LogP contribution in [-0.2, 0) is 16.9 Å². The summed E-state index contributed by atoms with van der Waals surface area (Å²) in [6.07, 6.45) is 0.676. The lowest BCUT2D eigenvalue weighted by molar-refractivity contribution is 0.0232. The van der Waals surface area contributed by atoms with Crippen molar-refractivity contribution in [2.75, 3.05) is 13.2 Å². The predicted molar refractivity (Wildman–Crippen MR) is 53.7 cm³/mol. The van der Waals surface area contributed by atoms with E-state index in [4.69, 9.17) is 10.5 Å². The number of aliphatic hydroxyl groups is 1. The smallest absolute Gasteiger partial charge is 0.115 e. The van der Waals surface area contributed by atoms with Crippen LogP contribution in [0.4, 0.5) is 0 Å². The van der Waals surface area contributed by atoms with Gasteiger partial charge in [0.05, 0.1) is 6.61 Å². The Morgan fingerprint density at radius 3 is 2.57 bits per heavy atom. The van der Waals surface area contributed by atoms with Crippen LogP contribution in [0, 0.1) is 0 Å². The van der Waals surface area contributed by atoms with E-state index in [1.807, 2.05) is 24.3 Å². The van der Waals surface area contributed by atoms with Crippen LogP contribution in [0.25, 0.3) is 0 Å². The molecule has 1 aromatic carbocycles. The number of hydrogen-bond acceptors (Lipinski definition) is 3. The molecule has 0 amide bonds. The monoisotopic (exact) mass is 193 g/mol. The van der Waals surface area contributed by atoms with Crippen LogP contribution >= 0.6 is 0 Å². The summed E-state index contributed by atoms with van der Waals surface area (Å²) in [6.45, 7) is 1.57. The van der Waals surface area contributed by atoms with Crippen molar-refractivity contribution >= 4 is 0 Å². The van der Waals surface area contributed by atoms with Gasteiger partial charge in [-0.3, -0.25) is 0 Å². The fourth-order valence-electron chi connectivity index (χ4n) is 1.73. The third-order valence-corrected chi connectivity index (χ3v) is 2.73. The minimum atomic E-state index is -0.785. The summed E-state index contributed by atoms with van der Waals surface area (Å²) in [7, 11) is 0. The van der Waals surface area contributed by atoms with Crippen molar-refractivity contribution in [3.05, 3.63) is 35.4 Å². The van der Waals surface area contributed by atoms with Crippen LogP contribution in [0.5, 0.6) is 0 Å². The lowest BCUT2D eigenvalue weighted by atomic mass is 9.92. The van der Waals surface area contributed by atoms with Crippen molar-refractivity contribution in [3.63, 3.8) is 0 Å². The molecule has 1 aromatic rings. The van der Waals surface area contributed by atoms with E-state index in [0.29, 0.717) is 26.2 Å². The van der Waals surface area contributed by atoms with E-state index < -0.39 is 5.60 Å². The van der Waals surface area contributed by atoms with Crippen LogP contribution in [0.1, 0.15) is 17.5 Å². The maximum atomic E-state index is 10.2. The quantitative estimate of drug-likeness (QED) is 0.728. The molecule has 3 nitrogen and oxygen atoms in total. The van der Waals surface area contributed by atoms with Crippen LogP contribution in [0.15, 0.2) is 24.3 Å². The number of benzene rings is 1. The van der Waals surface area contributed by atoms with E-state index in [2.05, 4.69) is 0 Å². The molecule has 1 saturated heterocycles. The van der Waals surface area contributed by atoms with Crippen LogP contribution < -0.4 is 5.73 Å². The van der Waals surface area contributed by atoms with Gasteiger partial charge in [-0.25, -0.2) is 0 Å². The van der Waals surface area contributed by atoms with Crippen molar-refractivity contribution in [2.45, 2.75) is 18.6 Å². The van der Waals surface area contributed by atoms with Gasteiger partial charge in [-0.2, -0.15) is 0 Å². The highest BCUT2D eigenvalue weighted by atomic mass is 16.5. The average molecular weight is 193 g/mol. The van der Waals surface area contributed by atoms with Gasteiger partial charge < -0.3 is 15.6 Å². The first kappa shape index (κ1) is 9.65. The standard InChI is InChI=1S/C11H15NO2/c12-7-9-1-3-10(4-2-9)11(13)5-6-14-8-11/h1-4,13H,5-8,12H2. The molecule has 76 valence electrons. The molecule has 1 atom stereocenters. The molecule has 0 radical (unpaired) electrons. The summed E-state index contributed by atoms with van der Waals surface area (Å²) < 4.78 is 5.20. The molecule has 1 aliphatic rings. The van der Waals surface area contributed by atoms with E-state index >= 15 is 0 Å². The number of nitrogens with two attached hydrogens (primary N) is 1. The summed E-state index contributed by atoms with van der Waals surface area (Å²) in [5.41, 5.74) is 6.72. The van der Waals surface area contributed by atoms with E-state index in [1.165, 1.54) is 0 Å². The zero-order chi connectivity index (χ0) is 10.0. The fourth-order valence-corrected chi connectivity index (χ4v) is 1.73. The Hall–Kier alpha value is -0.900. The van der Waals surface area contributed by atoms with Gasteiger partial charge in [0, 0.05) is 19.6 Å². The maximum Gasteiger partial charge on any atom is 0.115 e. The van der Waals surface area contributed by atoms with Crippen LogP contribution in [0.2, 0.25) is 0 Å². The van der Waals surface area contributed by atoms with Gasteiger partial charge in [0.2, 0.25) is 0 Å². The Morgan fingerprint density at radius 2 is 2.07 bits per heavy atom. The van der Waals surface area contributed by atoms with E-state index in [9.17, 15) is 5.11 Å². The molecular formula is C11H15NO2. The largest absolute Gasteiger partial charge is 0.383 e. The predicted octanol–water partition coefficient (Wildman–Crippen LogP) is 0.753. The van der Waals surface area contributed by atoms with Gasteiger partial charge in [-0.15, -0.1) is 0 Å².